The molecule has 0 aliphatic carbocycles. The molecule has 0 N–H and O–H groups in total. The number of hydrogen-bond donors (Lipinski definition) is 0. The van der Waals surface area contributed by atoms with Crippen LogP contribution in [0.4, 0.5) is 0 Å². The molecule has 2 nitrogen and oxygen atoms in total. The first-order valence-electron chi connectivity index (χ1n) is 21.4. The summed E-state index contributed by atoms with van der Waals surface area (Å²) in [6.45, 7) is 9.40. The molecule has 0 unspecified atom stereocenters. The van der Waals surface area contributed by atoms with Crippen molar-refractivity contribution in [1.82, 2.24) is 4.57 Å². The quantitative estimate of drug-likeness (QED) is 0.0511. The van der Waals surface area contributed by atoms with E-state index in [2.05, 4.69) is 42.3 Å². The lowest BCUT2D eigenvalue weighted by atomic mass is 10.0. The molecule has 0 saturated heterocycles. The predicted octanol–water partition coefficient (Wildman–Crippen LogP) is 14.6. The van der Waals surface area contributed by atoms with Crippen LogP contribution in [0, 0.1) is 0 Å². The predicted molar refractivity (Wildman–Crippen MR) is 202 cm³/mol. The molecular weight excluding hydrogens is 544 g/mol. The molecule has 0 aliphatic rings. The van der Waals surface area contributed by atoms with E-state index in [1.165, 1.54) is 238 Å². The van der Waals surface area contributed by atoms with Gasteiger partial charge in [-0.15, -0.1) is 0 Å². The van der Waals surface area contributed by atoms with E-state index in [0.29, 0.717) is 0 Å². The zero-order chi connectivity index (χ0) is 32.3. The molecule has 0 aliphatic heterocycles. The molecule has 266 valence electrons. The zero-order valence-electron chi connectivity index (χ0n) is 31.7. The van der Waals surface area contributed by atoms with Gasteiger partial charge in [0.1, 0.15) is 12.4 Å². The number of aromatic nitrogens is 2. The highest BCUT2D eigenvalue weighted by molar-refractivity contribution is 4.84. The first-order chi connectivity index (χ1) is 22.3. The van der Waals surface area contributed by atoms with Crippen molar-refractivity contribution in [2.45, 2.75) is 259 Å². The number of nitrogens with zero attached hydrogens (tertiary/aromatic N) is 2. The van der Waals surface area contributed by atoms with Gasteiger partial charge in [0.05, 0.1) is 13.1 Å². The minimum absolute atomic E-state index is 1.22. The fourth-order valence-electron chi connectivity index (χ4n) is 7.21. The first-order valence-corrected chi connectivity index (χ1v) is 21.4. The Kier molecular flexibility index (Phi) is 32.4. The van der Waals surface area contributed by atoms with Crippen molar-refractivity contribution >= 4 is 0 Å². The lowest BCUT2D eigenvalue weighted by Gasteiger charge is -2.07. The molecule has 0 radical (unpaired) electrons. The third-order valence-electron chi connectivity index (χ3n) is 10.3. The summed E-state index contributed by atoms with van der Waals surface area (Å²) < 4.78 is 5.25. The summed E-state index contributed by atoms with van der Waals surface area (Å²) in [5.74, 6) is 1.62. The first kappa shape index (κ1) is 42.2. The molecule has 45 heavy (non-hydrogen) atoms. The lowest BCUT2D eigenvalue weighted by Crippen LogP contribution is -2.37. The summed E-state index contributed by atoms with van der Waals surface area (Å²) in [5, 5.41) is 0. The molecule has 0 atom stereocenters. The molecule has 1 aromatic heterocycles. The topological polar surface area (TPSA) is 8.81 Å². The molecule has 1 rings (SSSR count). The maximum Gasteiger partial charge on any atom is 0.256 e. The monoisotopic (exact) mass is 630 g/mol. The summed E-state index contributed by atoms with van der Waals surface area (Å²) in [6, 6.07) is 0. The number of aryl methyl sites for hydroxylation is 2. The van der Waals surface area contributed by atoms with Gasteiger partial charge in [0, 0.05) is 6.42 Å². The van der Waals surface area contributed by atoms with Crippen molar-refractivity contribution in [3.63, 3.8) is 0 Å². The van der Waals surface area contributed by atoms with Gasteiger partial charge in [0.2, 0.25) is 0 Å². The van der Waals surface area contributed by atoms with E-state index in [1.807, 2.05) is 0 Å². The van der Waals surface area contributed by atoms with Gasteiger partial charge in [0.25, 0.3) is 5.82 Å². The van der Waals surface area contributed by atoms with E-state index < -0.39 is 0 Å². The molecule has 1 heterocycles. The van der Waals surface area contributed by atoms with Crippen LogP contribution in [0.1, 0.15) is 245 Å². The fraction of sp³-hybridized carbons (Fsp3) is 0.930. The van der Waals surface area contributed by atoms with E-state index >= 15 is 0 Å². The summed E-state index contributed by atoms with van der Waals surface area (Å²) in [6.07, 6.45) is 54.9. The number of hydrogen-bond acceptors (Lipinski definition) is 0. The average molecular weight is 630 g/mol. The Morgan fingerprint density at radius 3 is 1.07 bits per heavy atom. The molecule has 2 heteroatoms. The van der Waals surface area contributed by atoms with Crippen LogP contribution >= 0.6 is 0 Å². The smallest absolute Gasteiger partial charge is 0.234 e. The molecule has 0 aromatic carbocycles. The van der Waals surface area contributed by atoms with Crippen molar-refractivity contribution in [2.24, 2.45) is 0 Å². The molecule has 0 bridgehead atoms. The number of rotatable bonds is 37. The van der Waals surface area contributed by atoms with E-state index in [1.54, 1.807) is 5.82 Å². The summed E-state index contributed by atoms with van der Waals surface area (Å²) >= 11 is 0. The Balaban J connectivity index is 2.13. The Morgan fingerprint density at radius 2 is 0.689 bits per heavy atom. The number of unbranched alkanes of at least 4 members (excludes halogenated alkanes) is 31. The third-order valence-corrected chi connectivity index (χ3v) is 10.3. The summed E-state index contributed by atoms with van der Waals surface area (Å²) in [4.78, 5) is 0. The Hall–Kier alpha value is -0.790. The van der Waals surface area contributed by atoms with Gasteiger partial charge in [-0.1, -0.05) is 207 Å². The van der Waals surface area contributed by atoms with Crippen molar-refractivity contribution < 1.29 is 4.57 Å². The molecule has 0 fully saturated rings. The largest absolute Gasteiger partial charge is 0.256 e. The van der Waals surface area contributed by atoms with E-state index in [9.17, 15) is 0 Å². The SMILES string of the molecule is CCCCCCCCCCCCCCCCCCCc1n(CCCCCC)cc[n+]1CCCCCCCCCCCCCCC. The van der Waals surface area contributed by atoms with Crippen LogP contribution in [0.15, 0.2) is 12.4 Å². The van der Waals surface area contributed by atoms with E-state index in [4.69, 9.17) is 0 Å². The van der Waals surface area contributed by atoms with Gasteiger partial charge in [-0.3, -0.25) is 0 Å². The van der Waals surface area contributed by atoms with Crippen molar-refractivity contribution in [3.05, 3.63) is 18.2 Å². The van der Waals surface area contributed by atoms with Crippen molar-refractivity contribution in [2.75, 3.05) is 0 Å². The maximum absolute atomic E-state index is 2.63. The fourth-order valence-corrected chi connectivity index (χ4v) is 7.21. The molecule has 1 aromatic rings. The highest BCUT2D eigenvalue weighted by Gasteiger charge is 2.16. The molecule has 0 amide bonds. The maximum atomic E-state index is 2.63. The van der Waals surface area contributed by atoms with Gasteiger partial charge in [-0.25, -0.2) is 9.13 Å². The second-order valence-electron chi connectivity index (χ2n) is 14.8. The van der Waals surface area contributed by atoms with Crippen molar-refractivity contribution in [1.29, 1.82) is 0 Å². The van der Waals surface area contributed by atoms with Crippen LogP contribution in [0.3, 0.4) is 0 Å². The van der Waals surface area contributed by atoms with E-state index in [0.717, 1.165) is 0 Å². The highest BCUT2D eigenvalue weighted by Crippen LogP contribution is 2.16. The Bertz CT molecular complexity index is 692. The van der Waals surface area contributed by atoms with E-state index in [-0.39, 0.29) is 0 Å². The Morgan fingerprint density at radius 1 is 0.378 bits per heavy atom. The van der Waals surface area contributed by atoms with Crippen LogP contribution < -0.4 is 4.57 Å². The second kappa shape index (κ2) is 34.5. The van der Waals surface area contributed by atoms with Crippen molar-refractivity contribution in [3.8, 4) is 0 Å². The normalized spacial score (nSPS) is 11.6. The Labute approximate surface area is 285 Å². The van der Waals surface area contributed by atoms with Gasteiger partial charge < -0.3 is 0 Å². The van der Waals surface area contributed by atoms with Gasteiger partial charge in [-0.2, -0.15) is 0 Å². The van der Waals surface area contributed by atoms with Crippen LogP contribution in [0.5, 0.6) is 0 Å². The molecule has 0 saturated carbocycles. The van der Waals surface area contributed by atoms with Gasteiger partial charge in [-0.05, 0) is 32.1 Å². The summed E-state index contributed by atoms with van der Waals surface area (Å²) in [7, 11) is 0. The summed E-state index contributed by atoms with van der Waals surface area (Å²) in [5.41, 5.74) is 0. The minimum atomic E-state index is 1.22. The van der Waals surface area contributed by atoms with Gasteiger partial charge >= 0.3 is 0 Å². The second-order valence-corrected chi connectivity index (χ2v) is 14.8. The minimum Gasteiger partial charge on any atom is -0.234 e. The van der Waals surface area contributed by atoms with Gasteiger partial charge in [0.15, 0.2) is 0 Å². The lowest BCUT2D eigenvalue weighted by molar-refractivity contribution is -0.704. The third kappa shape index (κ3) is 26.9. The highest BCUT2D eigenvalue weighted by atomic mass is 15.1. The number of imidazole rings is 1. The molecular formula is C43H85N2+. The average Bonchev–Trinajstić information content (AvgIpc) is 3.44. The van der Waals surface area contributed by atoms with Crippen LogP contribution in [-0.2, 0) is 19.5 Å². The van der Waals surface area contributed by atoms with Crippen LogP contribution in [-0.4, -0.2) is 4.57 Å². The standard InChI is InChI=1S/C43H85N2/c1-4-7-10-13-15-17-19-21-22-23-24-25-27-29-31-33-35-38-43-44(39-36-12-9-6-3)41-42-45(43)40-37-34-32-30-28-26-20-18-16-14-11-8-5-2/h41-42H,4-40H2,1-3H3/q+1. The molecule has 0 spiro atoms. The van der Waals surface area contributed by atoms with Crippen LogP contribution in [0.2, 0.25) is 0 Å². The van der Waals surface area contributed by atoms with Crippen LogP contribution in [0.25, 0.3) is 0 Å². The zero-order valence-corrected chi connectivity index (χ0v) is 31.7.